The average Bonchev–Trinajstić information content (AvgIpc) is 3.92. The molecular formula is C54H34N4O. The average molecular weight is 755 g/mol. The van der Waals surface area contributed by atoms with E-state index in [0.29, 0.717) is 17.5 Å². The Morgan fingerprint density at radius 2 is 1.24 bits per heavy atom. The van der Waals surface area contributed by atoms with E-state index in [0.717, 1.165) is 44.3 Å². The fourth-order valence-electron chi connectivity index (χ4n) is 10.2. The van der Waals surface area contributed by atoms with Crippen LogP contribution in [0.1, 0.15) is 24.0 Å². The zero-order valence-electron chi connectivity index (χ0n) is 32.1. The summed E-state index contributed by atoms with van der Waals surface area (Å²) in [6.45, 7) is 2.39. The second-order valence-corrected chi connectivity index (χ2v) is 16.1. The van der Waals surface area contributed by atoms with Crippen LogP contribution >= 0.6 is 0 Å². The standard InChI is InChI=1S/C54H34N4O/c1-54-27-10-9-23-42(54)40-31-45-49(38-21-12-24-43(54)48(38)40)41-29-33-16-5-6-17-34(33)30-44(41)58(45)36-19-11-18-35(28-36)52-55-51(32-14-3-2-4-15-32)56-53(57-52)39-22-13-26-47-50(39)37-20-7-8-25-46(37)59-47/h2-31,42H,1H3. The van der Waals surface area contributed by atoms with Crippen LogP contribution in [0.2, 0.25) is 0 Å². The van der Waals surface area contributed by atoms with Gasteiger partial charge in [0.25, 0.3) is 0 Å². The molecule has 0 bridgehead atoms. The van der Waals surface area contributed by atoms with Crippen molar-refractivity contribution in [3.8, 4) is 39.9 Å². The Kier molecular flexibility index (Phi) is 6.57. The maximum atomic E-state index is 6.30. The van der Waals surface area contributed by atoms with Gasteiger partial charge in [-0.15, -0.1) is 0 Å². The number of nitrogens with zero attached hydrogens (tertiary/aromatic N) is 4. The third-order valence-electron chi connectivity index (χ3n) is 12.9. The van der Waals surface area contributed by atoms with E-state index in [2.05, 4.69) is 145 Å². The Hall–Kier alpha value is -7.63. The monoisotopic (exact) mass is 754 g/mol. The van der Waals surface area contributed by atoms with Gasteiger partial charge < -0.3 is 8.98 Å². The van der Waals surface area contributed by atoms with Gasteiger partial charge in [-0.3, -0.25) is 0 Å². The van der Waals surface area contributed by atoms with Crippen molar-refractivity contribution in [3.05, 3.63) is 193 Å². The van der Waals surface area contributed by atoms with Gasteiger partial charge in [-0.1, -0.05) is 146 Å². The van der Waals surface area contributed by atoms with E-state index in [1.54, 1.807) is 0 Å². The fourth-order valence-corrected chi connectivity index (χ4v) is 10.2. The molecule has 5 heteroatoms. The summed E-state index contributed by atoms with van der Waals surface area (Å²) in [5.74, 6) is 2.08. The van der Waals surface area contributed by atoms with E-state index >= 15 is 0 Å². The molecule has 2 aliphatic rings. The van der Waals surface area contributed by atoms with Crippen LogP contribution in [0.3, 0.4) is 0 Å². The third-order valence-corrected chi connectivity index (χ3v) is 12.9. The van der Waals surface area contributed by atoms with Crippen molar-refractivity contribution in [2.75, 3.05) is 0 Å². The largest absolute Gasteiger partial charge is 0.456 e. The number of benzene rings is 8. The molecule has 8 aromatic carbocycles. The van der Waals surface area contributed by atoms with Gasteiger partial charge in [0.05, 0.1) is 11.0 Å². The van der Waals surface area contributed by atoms with Crippen molar-refractivity contribution < 1.29 is 4.42 Å². The quantitative estimate of drug-likeness (QED) is 0.180. The summed E-state index contributed by atoms with van der Waals surface area (Å²) in [6.07, 6.45) is 9.20. The first kappa shape index (κ1) is 32.5. The highest BCUT2D eigenvalue weighted by molar-refractivity contribution is 6.25. The SMILES string of the molecule is CC12C=CC=CC1c1cc3c(c4cccc2c14)c1cc2ccccc2cc1n3-c1cccc(-c2nc(-c3ccccc3)nc(-c3cccc4oc5ccccc5c34)n2)c1. The summed E-state index contributed by atoms with van der Waals surface area (Å²) in [7, 11) is 0. The predicted octanol–water partition coefficient (Wildman–Crippen LogP) is 13.7. The first-order chi connectivity index (χ1) is 29.1. The van der Waals surface area contributed by atoms with Gasteiger partial charge >= 0.3 is 0 Å². The van der Waals surface area contributed by atoms with Gasteiger partial charge in [-0.05, 0) is 75.1 Å². The maximum absolute atomic E-state index is 6.30. The number of aromatic nitrogens is 4. The highest BCUT2D eigenvalue weighted by Gasteiger charge is 2.43. The zero-order chi connectivity index (χ0) is 38.8. The summed E-state index contributed by atoms with van der Waals surface area (Å²) in [6, 6.07) is 55.9. The lowest BCUT2D eigenvalue weighted by Gasteiger charge is -2.30. The van der Waals surface area contributed by atoms with Gasteiger partial charge in [-0.2, -0.15) is 0 Å². The van der Waals surface area contributed by atoms with Crippen LogP contribution in [0.15, 0.2) is 186 Å². The van der Waals surface area contributed by atoms with Crippen molar-refractivity contribution in [1.29, 1.82) is 0 Å². The highest BCUT2D eigenvalue weighted by atomic mass is 16.3. The maximum Gasteiger partial charge on any atom is 0.164 e. The van der Waals surface area contributed by atoms with Crippen LogP contribution in [0.25, 0.3) is 105 Å². The number of fused-ring (bicyclic) bond motifs is 11. The van der Waals surface area contributed by atoms with E-state index in [9.17, 15) is 0 Å². The molecule has 59 heavy (non-hydrogen) atoms. The van der Waals surface area contributed by atoms with Gasteiger partial charge in [0.1, 0.15) is 11.2 Å². The Balaban J connectivity index is 1.08. The first-order valence-electron chi connectivity index (χ1n) is 20.2. The lowest BCUT2D eigenvalue weighted by molar-refractivity contribution is 0.551. The summed E-state index contributed by atoms with van der Waals surface area (Å²) in [5.41, 5.74) is 10.5. The molecule has 0 radical (unpaired) electrons. The molecule has 0 aliphatic heterocycles. The van der Waals surface area contributed by atoms with Crippen LogP contribution in [-0.4, -0.2) is 19.5 Å². The smallest absolute Gasteiger partial charge is 0.164 e. The molecule has 2 aliphatic carbocycles. The Labute approximate surface area is 339 Å². The van der Waals surface area contributed by atoms with Crippen LogP contribution < -0.4 is 0 Å². The molecule has 0 fully saturated rings. The second kappa shape index (κ2) is 11.9. The molecule has 13 rings (SSSR count). The molecule has 0 spiro atoms. The van der Waals surface area contributed by atoms with Crippen LogP contribution in [-0.2, 0) is 5.41 Å². The summed E-state index contributed by atoms with van der Waals surface area (Å²) in [4.78, 5) is 15.6. The third kappa shape index (κ3) is 4.58. The predicted molar refractivity (Wildman–Crippen MR) is 241 cm³/mol. The van der Waals surface area contributed by atoms with E-state index in [1.807, 2.05) is 48.5 Å². The fraction of sp³-hybridized carbons (Fsp3) is 0.0556. The number of rotatable bonds is 4. The second-order valence-electron chi connectivity index (χ2n) is 16.1. The number of allylic oxidation sites excluding steroid dienone is 4. The Morgan fingerprint density at radius 3 is 2.14 bits per heavy atom. The van der Waals surface area contributed by atoms with Crippen LogP contribution in [0.5, 0.6) is 0 Å². The van der Waals surface area contributed by atoms with Crippen molar-refractivity contribution in [2.24, 2.45) is 0 Å². The van der Waals surface area contributed by atoms with Gasteiger partial charge in [-0.25, -0.2) is 15.0 Å². The lowest BCUT2D eigenvalue weighted by atomic mass is 9.73. The van der Waals surface area contributed by atoms with Crippen LogP contribution in [0, 0.1) is 0 Å². The molecule has 276 valence electrons. The van der Waals surface area contributed by atoms with E-state index in [4.69, 9.17) is 19.4 Å². The number of hydrogen-bond donors (Lipinski definition) is 0. The normalized spacial score (nSPS) is 17.0. The van der Waals surface area contributed by atoms with E-state index in [-0.39, 0.29) is 11.3 Å². The minimum absolute atomic E-state index is 0.0947. The van der Waals surface area contributed by atoms with Crippen molar-refractivity contribution >= 4 is 65.3 Å². The number of furan rings is 1. The highest BCUT2D eigenvalue weighted by Crippen LogP contribution is 2.56. The van der Waals surface area contributed by atoms with Gasteiger partial charge in [0.15, 0.2) is 17.5 Å². The van der Waals surface area contributed by atoms with E-state index < -0.39 is 0 Å². The van der Waals surface area contributed by atoms with Crippen molar-refractivity contribution in [2.45, 2.75) is 18.3 Å². The number of hydrogen-bond acceptors (Lipinski definition) is 4. The van der Waals surface area contributed by atoms with Crippen LogP contribution in [0.4, 0.5) is 0 Å². The molecular weight excluding hydrogens is 721 g/mol. The van der Waals surface area contributed by atoms with Gasteiger partial charge in [0, 0.05) is 55.3 Å². The molecule has 0 N–H and O–H groups in total. The molecule has 0 saturated heterocycles. The summed E-state index contributed by atoms with van der Waals surface area (Å²) in [5, 5.41) is 9.68. The molecule has 11 aromatic rings. The topological polar surface area (TPSA) is 56.7 Å². The lowest BCUT2D eigenvalue weighted by Crippen LogP contribution is -2.23. The summed E-state index contributed by atoms with van der Waals surface area (Å²) >= 11 is 0. The molecule has 0 saturated carbocycles. The number of para-hydroxylation sites is 1. The molecule has 2 atom stereocenters. The Morgan fingerprint density at radius 1 is 0.525 bits per heavy atom. The first-order valence-corrected chi connectivity index (χ1v) is 20.2. The van der Waals surface area contributed by atoms with E-state index in [1.165, 1.54) is 54.5 Å². The van der Waals surface area contributed by atoms with Crippen molar-refractivity contribution in [1.82, 2.24) is 19.5 Å². The minimum Gasteiger partial charge on any atom is -0.456 e. The molecule has 3 aromatic heterocycles. The summed E-state index contributed by atoms with van der Waals surface area (Å²) < 4.78 is 8.76. The van der Waals surface area contributed by atoms with Gasteiger partial charge in [0.2, 0.25) is 0 Å². The van der Waals surface area contributed by atoms with Crippen molar-refractivity contribution in [3.63, 3.8) is 0 Å². The minimum atomic E-state index is -0.0947. The zero-order valence-corrected chi connectivity index (χ0v) is 32.1. The molecule has 2 unspecified atom stereocenters. The molecule has 0 amide bonds. The Bertz CT molecular complexity index is 3650. The molecule has 5 nitrogen and oxygen atoms in total. The molecule has 3 heterocycles.